The van der Waals surface area contributed by atoms with Crippen LogP contribution >= 0.6 is 0 Å². The highest BCUT2D eigenvalue weighted by molar-refractivity contribution is 6.09. The summed E-state index contributed by atoms with van der Waals surface area (Å²) in [6.07, 6.45) is 4.29. The van der Waals surface area contributed by atoms with Crippen molar-refractivity contribution in [3.63, 3.8) is 0 Å². The lowest BCUT2D eigenvalue weighted by molar-refractivity contribution is 0.478. The summed E-state index contributed by atoms with van der Waals surface area (Å²) in [6.45, 7) is 32.7. The predicted molar refractivity (Wildman–Crippen MR) is 264 cm³/mol. The fourth-order valence-electron chi connectivity index (χ4n) is 8.71. The van der Waals surface area contributed by atoms with E-state index in [1.54, 1.807) is 0 Å². The second kappa shape index (κ2) is 15.2. The van der Waals surface area contributed by atoms with E-state index in [1.165, 1.54) is 50.0 Å². The number of allylic oxidation sites excluding steroid dienone is 1. The van der Waals surface area contributed by atoms with Crippen LogP contribution in [-0.4, -0.2) is 16.2 Å². The van der Waals surface area contributed by atoms with Crippen LogP contribution < -0.4 is 14.5 Å². The van der Waals surface area contributed by atoms with Gasteiger partial charge in [0.25, 0.3) is 0 Å². The number of ether oxygens (including phenoxy) is 1. The monoisotopic (exact) mass is 823 g/mol. The third-order valence-electron chi connectivity index (χ3n) is 12.8. The normalized spacial score (nSPS) is 14.3. The number of fused-ring (bicyclic) bond motifs is 3. The molecule has 5 heteroatoms. The molecule has 0 radical (unpaired) electrons. The first-order valence-electron chi connectivity index (χ1n) is 22.3. The third-order valence-corrected chi connectivity index (χ3v) is 12.8. The maximum Gasteiger partial charge on any atom is 0.137 e. The van der Waals surface area contributed by atoms with Crippen molar-refractivity contribution >= 4 is 33.2 Å². The molecule has 0 spiro atoms. The molecule has 0 bridgehead atoms. The molecule has 0 saturated carbocycles. The van der Waals surface area contributed by atoms with Crippen molar-refractivity contribution in [1.29, 1.82) is 0 Å². The van der Waals surface area contributed by atoms with E-state index in [0.29, 0.717) is 6.67 Å². The Kier molecular flexibility index (Phi) is 10.5. The van der Waals surface area contributed by atoms with E-state index in [-0.39, 0.29) is 27.1 Å². The average Bonchev–Trinajstić information content (AvgIpc) is 3.81. The molecule has 5 nitrogen and oxygen atoms in total. The zero-order chi connectivity index (χ0) is 44.6. The van der Waals surface area contributed by atoms with E-state index in [4.69, 9.17) is 9.72 Å². The molecule has 0 unspecified atom stereocenters. The van der Waals surface area contributed by atoms with E-state index < -0.39 is 0 Å². The van der Waals surface area contributed by atoms with Gasteiger partial charge >= 0.3 is 0 Å². The average molecular weight is 823 g/mol. The summed E-state index contributed by atoms with van der Waals surface area (Å²) in [7, 11) is 0. The molecule has 0 N–H and O–H groups in total. The number of pyridine rings is 1. The molecule has 0 aliphatic carbocycles. The highest BCUT2D eigenvalue weighted by Crippen LogP contribution is 2.44. The van der Waals surface area contributed by atoms with Gasteiger partial charge in [-0.05, 0) is 105 Å². The van der Waals surface area contributed by atoms with Gasteiger partial charge in [0.1, 0.15) is 17.3 Å². The van der Waals surface area contributed by atoms with Crippen LogP contribution in [0, 0.1) is 5.41 Å². The molecule has 0 saturated heterocycles. The van der Waals surface area contributed by atoms with E-state index in [2.05, 4.69) is 239 Å². The highest BCUT2D eigenvalue weighted by Gasteiger charge is 2.34. The summed E-state index contributed by atoms with van der Waals surface area (Å²) < 4.78 is 9.41. The number of rotatable bonds is 7. The molecule has 0 amide bonds. The standard InChI is InChI=1S/C57H66N4O/c1-53(2,3)39-21-18-22-43(29-39)59-36-51(56(10,11)12)60(37-59)44-30-42(57(13,14)38-19-16-15-17-20-38)31-46(34-44)62-45-24-25-47-48-32-40(54(4,5)6)23-26-49(48)61(50(47)35-45)52-33-41(27-28-58-52)55(7,8)9/h15-36H,37H2,1-14H3. The SMILES string of the molecule is CC(C)(C)C1=CN(c2cccc(C(C)(C)C)c2)CN1c1cc(Oc2ccc3c4cc(C(C)(C)C)ccc4n(-c4cc(C(C)(C)C)ccn4)c3c2)cc(C(C)(C)c2ccccc2)c1. The summed E-state index contributed by atoms with van der Waals surface area (Å²) in [5.41, 5.74) is 11.7. The van der Waals surface area contributed by atoms with Gasteiger partial charge in [0, 0.05) is 63.2 Å². The van der Waals surface area contributed by atoms with Gasteiger partial charge in [-0.2, -0.15) is 0 Å². The Hall–Kier alpha value is -5.81. The van der Waals surface area contributed by atoms with Gasteiger partial charge in [-0.25, -0.2) is 4.98 Å². The van der Waals surface area contributed by atoms with Gasteiger partial charge in [-0.3, -0.25) is 4.57 Å². The molecule has 8 rings (SSSR count). The molecular formula is C57H66N4O. The second-order valence-corrected chi connectivity index (χ2v) is 22.1. The lowest BCUT2D eigenvalue weighted by Crippen LogP contribution is -2.31. The summed E-state index contributed by atoms with van der Waals surface area (Å²) >= 11 is 0. The molecule has 7 aromatic rings. The Morgan fingerprint density at radius 3 is 1.79 bits per heavy atom. The molecule has 3 heterocycles. The van der Waals surface area contributed by atoms with E-state index in [0.717, 1.165) is 34.0 Å². The van der Waals surface area contributed by atoms with Gasteiger partial charge in [0.2, 0.25) is 0 Å². The largest absolute Gasteiger partial charge is 0.457 e. The number of benzene rings is 5. The zero-order valence-corrected chi connectivity index (χ0v) is 39.6. The summed E-state index contributed by atoms with van der Waals surface area (Å²) in [4.78, 5) is 9.85. The number of anilines is 2. The molecule has 62 heavy (non-hydrogen) atoms. The van der Waals surface area contributed by atoms with Crippen molar-refractivity contribution in [3.8, 4) is 17.3 Å². The molecule has 5 aromatic carbocycles. The smallest absolute Gasteiger partial charge is 0.137 e. The molecule has 0 fully saturated rings. The van der Waals surface area contributed by atoms with Crippen molar-refractivity contribution in [1.82, 2.24) is 9.55 Å². The van der Waals surface area contributed by atoms with Crippen molar-refractivity contribution in [2.75, 3.05) is 16.5 Å². The lowest BCUT2D eigenvalue weighted by Gasteiger charge is -2.33. The third kappa shape index (κ3) is 8.27. The minimum absolute atomic E-state index is 0.0111. The van der Waals surface area contributed by atoms with Crippen LogP contribution in [0.5, 0.6) is 11.5 Å². The Bertz CT molecular complexity index is 2810. The first kappa shape index (κ1) is 42.9. The van der Waals surface area contributed by atoms with Crippen LogP contribution in [0.25, 0.3) is 27.6 Å². The van der Waals surface area contributed by atoms with Gasteiger partial charge in [-0.1, -0.05) is 145 Å². The fourth-order valence-corrected chi connectivity index (χ4v) is 8.71. The molecule has 2 aromatic heterocycles. The van der Waals surface area contributed by atoms with Crippen LogP contribution in [0.3, 0.4) is 0 Å². The van der Waals surface area contributed by atoms with Crippen LogP contribution in [0.4, 0.5) is 11.4 Å². The fraction of sp³-hybridized carbons (Fsp3) is 0.351. The van der Waals surface area contributed by atoms with Crippen LogP contribution in [-0.2, 0) is 21.7 Å². The first-order chi connectivity index (χ1) is 29.0. The van der Waals surface area contributed by atoms with Gasteiger partial charge in [0.05, 0.1) is 17.7 Å². The number of hydrogen-bond acceptors (Lipinski definition) is 4. The number of hydrogen-bond donors (Lipinski definition) is 0. The van der Waals surface area contributed by atoms with Gasteiger partial charge in [0.15, 0.2) is 0 Å². The van der Waals surface area contributed by atoms with Crippen molar-refractivity contribution < 1.29 is 4.74 Å². The molecule has 320 valence electrons. The van der Waals surface area contributed by atoms with Gasteiger partial charge in [-0.15, -0.1) is 0 Å². The Morgan fingerprint density at radius 1 is 0.468 bits per heavy atom. The minimum Gasteiger partial charge on any atom is -0.457 e. The summed E-state index contributed by atoms with van der Waals surface area (Å²) in [5, 5.41) is 2.39. The van der Waals surface area contributed by atoms with Crippen LogP contribution in [0.1, 0.15) is 125 Å². The summed E-state index contributed by atoms with van der Waals surface area (Å²) in [5.74, 6) is 2.48. The van der Waals surface area contributed by atoms with Crippen molar-refractivity contribution in [3.05, 3.63) is 167 Å². The van der Waals surface area contributed by atoms with E-state index in [9.17, 15) is 0 Å². The Labute approximate surface area is 371 Å². The van der Waals surface area contributed by atoms with Gasteiger partial charge < -0.3 is 14.5 Å². The highest BCUT2D eigenvalue weighted by atomic mass is 16.5. The maximum absolute atomic E-state index is 7.09. The quantitative estimate of drug-likeness (QED) is 0.160. The van der Waals surface area contributed by atoms with E-state index >= 15 is 0 Å². The molecule has 1 aliphatic rings. The second-order valence-electron chi connectivity index (χ2n) is 22.1. The Morgan fingerprint density at radius 2 is 1.11 bits per heavy atom. The van der Waals surface area contributed by atoms with E-state index in [1.807, 2.05) is 6.20 Å². The predicted octanol–water partition coefficient (Wildman–Crippen LogP) is 15.4. The zero-order valence-electron chi connectivity index (χ0n) is 39.6. The van der Waals surface area contributed by atoms with Crippen LogP contribution in [0.15, 0.2) is 139 Å². The number of nitrogens with zero attached hydrogens (tertiary/aromatic N) is 4. The summed E-state index contributed by atoms with van der Waals surface area (Å²) in [6, 6.07) is 44.5. The Balaban J connectivity index is 1.28. The first-order valence-corrected chi connectivity index (χ1v) is 22.3. The molecule has 0 atom stereocenters. The maximum atomic E-state index is 7.09. The topological polar surface area (TPSA) is 33.5 Å². The van der Waals surface area contributed by atoms with Crippen molar-refractivity contribution in [2.45, 2.75) is 119 Å². The van der Waals surface area contributed by atoms with Crippen LogP contribution in [0.2, 0.25) is 0 Å². The minimum atomic E-state index is -0.299. The number of aromatic nitrogens is 2. The molecule has 1 aliphatic heterocycles. The molecular weight excluding hydrogens is 757 g/mol. The van der Waals surface area contributed by atoms with Crippen molar-refractivity contribution in [2.24, 2.45) is 5.41 Å². The lowest BCUT2D eigenvalue weighted by atomic mass is 9.78.